The zero-order valence-corrected chi connectivity index (χ0v) is 13.2. The smallest absolute Gasteiger partial charge is 0.287 e. The first-order valence-electron chi connectivity index (χ1n) is 6.85. The Bertz CT molecular complexity index is 748. The molecule has 0 aliphatic rings. The van der Waals surface area contributed by atoms with Gasteiger partial charge in [-0.3, -0.25) is 4.79 Å². The van der Waals surface area contributed by atoms with Gasteiger partial charge < -0.3 is 9.73 Å². The van der Waals surface area contributed by atoms with E-state index in [0.29, 0.717) is 6.54 Å². The van der Waals surface area contributed by atoms with E-state index in [1.807, 2.05) is 6.92 Å². The molecule has 1 heterocycles. The van der Waals surface area contributed by atoms with Gasteiger partial charge in [0.1, 0.15) is 5.76 Å². The van der Waals surface area contributed by atoms with Crippen LogP contribution in [0.25, 0.3) is 0 Å². The van der Waals surface area contributed by atoms with Crippen LogP contribution in [-0.2, 0) is 23.0 Å². The van der Waals surface area contributed by atoms with Gasteiger partial charge in [-0.2, -0.15) is 0 Å². The Labute approximate surface area is 129 Å². The number of rotatable bonds is 6. The van der Waals surface area contributed by atoms with Crippen molar-refractivity contribution >= 4 is 15.9 Å². The standard InChI is InChI=1S/C15H18N2O4S/c1-3-12-6-9-14(21-12)15(18)17-10-11-4-7-13(8-5-11)22(19,20)16-2/h4-9,16H,3,10H2,1-2H3,(H,17,18). The molecule has 0 aliphatic carbocycles. The van der Waals surface area contributed by atoms with Crippen LogP contribution in [0.15, 0.2) is 45.7 Å². The van der Waals surface area contributed by atoms with E-state index >= 15 is 0 Å². The molecule has 118 valence electrons. The van der Waals surface area contributed by atoms with Gasteiger partial charge in [-0.15, -0.1) is 0 Å². The number of hydrogen-bond donors (Lipinski definition) is 2. The van der Waals surface area contributed by atoms with Crippen LogP contribution in [0.5, 0.6) is 0 Å². The van der Waals surface area contributed by atoms with E-state index in [4.69, 9.17) is 4.42 Å². The molecule has 0 aliphatic heterocycles. The normalized spacial score (nSPS) is 11.4. The van der Waals surface area contributed by atoms with Crippen LogP contribution in [0.1, 0.15) is 28.8 Å². The van der Waals surface area contributed by atoms with Gasteiger partial charge >= 0.3 is 0 Å². The second-order valence-electron chi connectivity index (χ2n) is 4.65. The van der Waals surface area contributed by atoms with Crippen molar-refractivity contribution in [3.8, 4) is 0 Å². The Morgan fingerprint density at radius 2 is 1.82 bits per heavy atom. The highest BCUT2D eigenvalue weighted by molar-refractivity contribution is 7.89. The highest BCUT2D eigenvalue weighted by Gasteiger charge is 2.12. The van der Waals surface area contributed by atoms with Crippen LogP contribution in [0.4, 0.5) is 0 Å². The third-order valence-electron chi connectivity index (χ3n) is 3.19. The fourth-order valence-corrected chi connectivity index (χ4v) is 2.59. The maximum atomic E-state index is 11.9. The minimum atomic E-state index is -3.44. The first kappa shape index (κ1) is 16.3. The zero-order valence-electron chi connectivity index (χ0n) is 12.4. The van der Waals surface area contributed by atoms with Crippen LogP contribution < -0.4 is 10.0 Å². The molecule has 0 bridgehead atoms. The summed E-state index contributed by atoms with van der Waals surface area (Å²) < 4.78 is 30.8. The second-order valence-corrected chi connectivity index (χ2v) is 6.54. The molecule has 1 aromatic carbocycles. The summed E-state index contributed by atoms with van der Waals surface area (Å²) in [4.78, 5) is 12.1. The molecule has 7 heteroatoms. The van der Waals surface area contributed by atoms with E-state index in [9.17, 15) is 13.2 Å². The van der Waals surface area contributed by atoms with Crippen molar-refractivity contribution in [1.82, 2.24) is 10.0 Å². The fourth-order valence-electron chi connectivity index (χ4n) is 1.86. The number of carbonyl (C=O) groups excluding carboxylic acids is 1. The Morgan fingerprint density at radius 1 is 1.14 bits per heavy atom. The Balaban J connectivity index is 1.98. The SMILES string of the molecule is CCc1ccc(C(=O)NCc2ccc(S(=O)(=O)NC)cc2)o1. The molecule has 1 amide bonds. The summed E-state index contributed by atoms with van der Waals surface area (Å²) in [5.41, 5.74) is 0.797. The van der Waals surface area contributed by atoms with Gasteiger partial charge in [0.25, 0.3) is 5.91 Å². The first-order valence-corrected chi connectivity index (χ1v) is 8.34. The van der Waals surface area contributed by atoms with Crippen molar-refractivity contribution in [3.63, 3.8) is 0 Å². The van der Waals surface area contributed by atoms with E-state index < -0.39 is 10.0 Å². The van der Waals surface area contributed by atoms with Crippen molar-refractivity contribution in [2.24, 2.45) is 0 Å². The highest BCUT2D eigenvalue weighted by atomic mass is 32.2. The lowest BCUT2D eigenvalue weighted by atomic mass is 10.2. The van der Waals surface area contributed by atoms with Crippen LogP contribution in [-0.4, -0.2) is 21.4 Å². The van der Waals surface area contributed by atoms with Gasteiger partial charge in [0.05, 0.1) is 4.90 Å². The Kier molecular flexibility index (Phi) is 4.99. The van der Waals surface area contributed by atoms with Crippen molar-refractivity contribution in [1.29, 1.82) is 0 Å². The average Bonchev–Trinajstić information content (AvgIpc) is 3.02. The molecular weight excluding hydrogens is 304 g/mol. The largest absolute Gasteiger partial charge is 0.456 e. The zero-order chi connectivity index (χ0) is 16.2. The van der Waals surface area contributed by atoms with Crippen LogP contribution in [0, 0.1) is 0 Å². The number of aryl methyl sites for hydroxylation is 1. The highest BCUT2D eigenvalue weighted by Crippen LogP contribution is 2.11. The molecule has 0 saturated heterocycles. The van der Waals surface area contributed by atoms with E-state index in [1.54, 1.807) is 24.3 Å². The van der Waals surface area contributed by atoms with Crippen molar-refractivity contribution in [3.05, 3.63) is 53.5 Å². The topological polar surface area (TPSA) is 88.4 Å². The third kappa shape index (κ3) is 3.75. The first-order chi connectivity index (χ1) is 10.5. The number of furan rings is 1. The maximum Gasteiger partial charge on any atom is 0.287 e. The van der Waals surface area contributed by atoms with Crippen molar-refractivity contribution < 1.29 is 17.6 Å². The van der Waals surface area contributed by atoms with E-state index in [0.717, 1.165) is 17.7 Å². The molecule has 6 nitrogen and oxygen atoms in total. The molecule has 0 saturated carbocycles. The predicted octanol–water partition coefficient (Wildman–Crippen LogP) is 1.68. The molecule has 2 rings (SSSR count). The number of benzene rings is 1. The molecule has 0 fully saturated rings. The summed E-state index contributed by atoms with van der Waals surface area (Å²) in [6, 6.07) is 9.71. The molecular formula is C15H18N2O4S. The summed E-state index contributed by atoms with van der Waals surface area (Å²) in [5.74, 6) is 0.727. The average molecular weight is 322 g/mol. The van der Waals surface area contributed by atoms with E-state index in [1.165, 1.54) is 19.2 Å². The number of sulfonamides is 1. The van der Waals surface area contributed by atoms with Gasteiger partial charge in [0.15, 0.2) is 5.76 Å². The molecule has 2 N–H and O–H groups in total. The number of hydrogen-bond acceptors (Lipinski definition) is 4. The molecule has 0 radical (unpaired) electrons. The van der Waals surface area contributed by atoms with Crippen molar-refractivity contribution in [2.75, 3.05) is 7.05 Å². The van der Waals surface area contributed by atoms with E-state index in [2.05, 4.69) is 10.0 Å². The fraction of sp³-hybridized carbons (Fsp3) is 0.267. The lowest BCUT2D eigenvalue weighted by molar-refractivity contribution is 0.0921. The minimum Gasteiger partial charge on any atom is -0.456 e. The van der Waals surface area contributed by atoms with Gasteiger partial charge in [0, 0.05) is 13.0 Å². The quantitative estimate of drug-likeness (QED) is 0.847. The Morgan fingerprint density at radius 3 is 2.36 bits per heavy atom. The summed E-state index contributed by atoms with van der Waals surface area (Å²) >= 11 is 0. The maximum absolute atomic E-state index is 11.9. The number of amides is 1. The molecule has 1 aromatic heterocycles. The monoisotopic (exact) mass is 322 g/mol. The predicted molar refractivity (Wildman–Crippen MR) is 81.9 cm³/mol. The molecule has 0 spiro atoms. The molecule has 0 unspecified atom stereocenters. The van der Waals surface area contributed by atoms with Gasteiger partial charge in [-0.1, -0.05) is 19.1 Å². The minimum absolute atomic E-state index is 0.184. The number of nitrogens with one attached hydrogen (secondary N) is 2. The van der Waals surface area contributed by atoms with Crippen molar-refractivity contribution in [2.45, 2.75) is 24.8 Å². The van der Waals surface area contributed by atoms with Gasteiger partial charge in [-0.25, -0.2) is 13.1 Å². The van der Waals surface area contributed by atoms with Crippen LogP contribution >= 0.6 is 0 Å². The summed E-state index contributed by atoms with van der Waals surface area (Å²) in [6.07, 6.45) is 0.731. The molecule has 22 heavy (non-hydrogen) atoms. The van der Waals surface area contributed by atoms with E-state index in [-0.39, 0.29) is 16.6 Å². The Hall–Kier alpha value is -2.12. The molecule has 0 atom stereocenters. The van der Waals surface area contributed by atoms with Gasteiger partial charge in [0.2, 0.25) is 10.0 Å². The second kappa shape index (κ2) is 6.76. The summed E-state index contributed by atoms with van der Waals surface area (Å²) in [6.45, 7) is 2.24. The summed E-state index contributed by atoms with van der Waals surface area (Å²) in [7, 11) is -2.08. The van der Waals surface area contributed by atoms with Gasteiger partial charge in [-0.05, 0) is 36.9 Å². The number of carbonyl (C=O) groups is 1. The third-order valence-corrected chi connectivity index (χ3v) is 4.62. The summed E-state index contributed by atoms with van der Waals surface area (Å²) in [5, 5.41) is 2.73. The molecule has 2 aromatic rings. The van der Waals surface area contributed by atoms with Crippen LogP contribution in [0.3, 0.4) is 0 Å². The van der Waals surface area contributed by atoms with Crippen LogP contribution in [0.2, 0.25) is 0 Å². The lowest BCUT2D eigenvalue weighted by Gasteiger charge is -2.06. The lowest BCUT2D eigenvalue weighted by Crippen LogP contribution is -2.22.